The van der Waals surface area contributed by atoms with Gasteiger partial charge in [-0.1, -0.05) is 29.6 Å². The van der Waals surface area contributed by atoms with Crippen molar-refractivity contribution in [3.8, 4) is 11.4 Å². The van der Waals surface area contributed by atoms with Crippen LogP contribution in [0.3, 0.4) is 0 Å². The Kier molecular flexibility index (Phi) is 6.19. The van der Waals surface area contributed by atoms with E-state index in [1.54, 1.807) is 17.0 Å². The van der Waals surface area contributed by atoms with Gasteiger partial charge in [0.1, 0.15) is 0 Å². The van der Waals surface area contributed by atoms with Crippen molar-refractivity contribution in [3.63, 3.8) is 0 Å². The Bertz CT molecular complexity index is 1030. The van der Waals surface area contributed by atoms with Crippen LogP contribution in [0.4, 0.5) is 0 Å². The number of fused-ring (bicyclic) bond motifs is 1. The quantitative estimate of drug-likeness (QED) is 0.618. The standard InChI is InChI=1S/C24H27ClN4O4/c25-17-9-7-15(8-10-17)21-26-22(33-27-21)16-4-3-12-28(14-16)20(30)11-13-29-23(31)18-5-1-2-6-19(18)24(29)32/h7-10,16,18-19H,1-6,11-14H2/t16-,18-,19+/m0/s1. The highest BCUT2D eigenvalue weighted by molar-refractivity contribution is 6.30. The van der Waals surface area contributed by atoms with Crippen LogP contribution in [-0.2, 0) is 14.4 Å². The minimum absolute atomic E-state index is 0.0332. The third-order valence-corrected chi connectivity index (χ3v) is 7.40. The molecular weight excluding hydrogens is 444 g/mol. The summed E-state index contributed by atoms with van der Waals surface area (Å²) in [6, 6.07) is 7.23. The smallest absolute Gasteiger partial charge is 0.233 e. The predicted octanol–water partition coefficient (Wildman–Crippen LogP) is 3.66. The molecule has 5 rings (SSSR count). The molecule has 0 unspecified atom stereocenters. The molecule has 0 radical (unpaired) electrons. The molecule has 0 bridgehead atoms. The van der Waals surface area contributed by atoms with Gasteiger partial charge in [-0.2, -0.15) is 4.98 Å². The van der Waals surface area contributed by atoms with Gasteiger partial charge in [0.2, 0.25) is 29.4 Å². The van der Waals surface area contributed by atoms with Gasteiger partial charge in [-0.05, 0) is 49.9 Å². The molecule has 3 amide bonds. The molecule has 9 heteroatoms. The van der Waals surface area contributed by atoms with Crippen molar-refractivity contribution in [1.82, 2.24) is 19.9 Å². The maximum Gasteiger partial charge on any atom is 0.233 e. The lowest BCUT2D eigenvalue weighted by atomic mass is 9.81. The molecule has 2 saturated heterocycles. The van der Waals surface area contributed by atoms with Gasteiger partial charge in [0, 0.05) is 36.6 Å². The van der Waals surface area contributed by atoms with Gasteiger partial charge in [0.05, 0.1) is 17.8 Å². The van der Waals surface area contributed by atoms with Crippen LogP contribution in [0.1, 0.15) is 56.8 Å². The van der Waals surface area contributed by atoms with E-state index < -0.39 is 0 Å². The van der Waals surface area contributed by atoms with Crippen molar-refractivity contribution in [1.29, 1.82) is 0 Å². The average Bonchev–Trinajstić information content (AvgIpc) is 3.43. The van der Waals surface area contributed by atoms with Gasteiger partial charge in [-0.15, -0.1) is 0 Å². The van der Waals surface area contributed by atoms with E-state index in [0.29, 0.717) is 29.8 Å². The van der Waals surface area contributed by atoms with E-state index in [-0.39, 0.29) is 48.4 Å². The first kappa shape index (κ1) is 22.1. The van der Waals surface area contributed by atoms with Gasteiger partial charge >= 0.3 is 0 Å². The largest absolute Gasteiger partial charge is 0.342 e. The molecule has 33 heavy (non-hydrogen) atoms. The molecule has 3 heterocycles. The molecule has 2 aliphatic heterocycles. The third kappa shape index (κ3) is 4.40. The molecule has 0 N–H and O–H groups in total. The summed E-state index contributed by atoms with van der Waals surface area (Å²) in [5.41, 5.74) is 0.818. The number of hydrogen-bond acceptors (Lipinski definition) is 6. The number of rotatable bonds is 5. The number of carbonyl (C=O) groups is 3. The number of imide groups is 1. The zero-order chi connectivity index (χ0) is 22.9. The van der Waals surface area contributed by atoms with E-state index in [9.17, 15) is 14.4 Å². The summed E-state index contributed by atoms with van der Waals surface area (Å²) in [4.78, 5) is 45.9. The van der Waals surface area contributed by atoms with Crippen LogP contribution in [0.5, 0.6) is 0 Å². The van der Waals surface area contributed by atoms with Gasteiger partial charge in [-0.3, -0.25) is 19.3 Å². The summed E-state index contributed by atoms with van der Waals surface area (Å²) in [7, 11) is 0. The summed E-state index contributed by atoms with van der Waals surface area (Å²) < 4.78 is 5.51. The van der Waals surface area contributed by atoms with Crippen LogP contribution in [0.15, 0.2) is 28.8 Å². The fourth-order valence-corrected chi connectivity index (χ4v) is 5.47. The molecule has 1 aromatic carbocycles. The number of hydrogen-bond donors (Lipinski definition) is 0. The minimum Gasteiger partial charge on any atom is -0.342 e. The van der Waals surface area contributed by atoms with E-state index in [2.05, 4.69) is 10.1 Å². The molecule has 1 aromatic heterocycles. The van der Waals surface area contributed by atoms with Gasteiger partial charge in [-0.25, -0.2) is 0 Å². The highest BCUT2D eigenvalue weighted by atomic mass is 35.5. The van der Waals surface area contributed by atoms with E-state index in [1.807, 2.05) is 12.1 Å². The van der Waals surface area contributed by atoms with Crippen LogP contribution in [0.25, 0.3) is 11.4 Å². The lowest BCUT2D eigenvalue weighted by Crippen LogP contribution is -2.41. The second-order valence-electron chi connectivity index (χ2n) is 9.22. The topological polar surface area (TPSA) is 96.6 Å². The van der Waals surface area contributed by atoms with Gasteiger partial charge < -0.3 is 9.42 Å². The number of benzene rings is 1. The van der Waals surface area contributed by atoms with Crippen LogP contribution in [-0.4, -0.2) is 57.3 Å². The van der Waals surface area contributed by atoms with Crippen molar-refractivity contribution in [2.24, 2.45) is 11.8 Å². The summed E-state index contributed by atoms with van der Waals surface area (Å²) in [5, 5.41) is 4.73. The van der Waals surface area contributed by atoms with Crippen LogP contribution < -0.4 is 0 Å². The fourth-order valence-electron chi connectivity index (χ4n) is 5.34. The molecule has 2 aromatic rings. The normalized spacial score (nSPS) is 25.4. The van der Waals surface area contributed by atoms with Crippen molar-refractivity contribution < 1.29 is 18.9 Å². The maximum atomic E-state index is 12.9. The van der Waals surface area contributed by atoms with E-state index in [4.69, 9.17) is 16.1 Å². The molecule has 1 aliphatic carbocycles. The molecule has 3 atom stereocenters. The summed E-state index contributed by atoms with van der Waals surface area (Å²) in [6.07, 6.45) is 5.42. The highest BCUT2D eigenvalue weighted by Crippen LogP contribution is 2.38. The van der Waals surface area contributed by atoms with Gasteiger partial charge in [0.25, 0.3) is 0 Å². The lowest BCUT2D eigenvalue weighted by molar-refractivity contribution is -0.141. The minimum atomic E-state index is -0.173. The second kappa shape index (κ2) is 9.25. The predicted molar refractivity (Wildman–Crippen MR) is 120 cm³/mol. The van der Waals surface area contributed by atoms with Crippen molar-refractivity contribution in [3.05, 3.63) is 35.2 Å². The Labute approximate surface area is 197 Å². The molecule has 8 nitrogen and oxygen atoms in total. The second-order valence-corrected chi connectivity index (χ2v) is 9.65. The van der Waals surface area contributed by atoms with Crippen LogP contribution >= 0.6 is 11.6 Å². The van der Waals surface area contributed by atoms with E-state index in [1.165, 1.54) is 4.90 Å². The Morgan fingerprint density at radius 2 is 1.73 bits per heavy atom. The van der Waals surface area contributed by atoms with Crippen LogP contribution in [0, 0.1) is 11.8 Å². The lowest BCUT2D eigenvalue weighted by Gasteiger charge is -2.31. The number of amides is 3. The number of piperidine rings is 1. The maximum absolute atomic E-state index is 12.9. The fraction of sp³-hybridized carbons (Fsp3) is 0.542. The van der Waals surface area contributed by atoms with E-state index in [0.717, 1.165) is 44.1 Å². The molecule has 3 aliphatic rings. The first-order valence-corrected chi connectivity index (χ1v) is 12.1. The van der Waals surface area contributed by atoms with Gasteiger partial charge in [0.15, 0.2) is 0 Å². The van der Waals surface area contributed by atoms with Crippen molar-refractivity contribution in [2.75, 3.05) is 19.6 Å². The zero-order valence-electron chi connectivity index (χ0n) is 18.4. The number of likely N-dealkylation sites (tertiary alicyclic amines) is 2. The van der Waals surface area contributed by atoms with E-state index >= 15 is 0 Å². The molecular formula is C24H27ClN4O4. The Hall–Kier alpha value is -2.74. The zero-order valence-corrected chi connectivity index (χ0v) is 19.2. The summed E-state index contributed by atoms with van der Waals surface area (Å²) >= 11 is 5.94. The Morgan fingerprint density at radius 3 is 2.42 bits per heavy atom. The summed E-state index contributed by atoms with van der Waals surface area (Å²) in [6.45, 7) is 1.32. The SMILES string of the molecule is O=C(CCN1C(=O)[C@H]2CCCC[C@H]2C1=O)N1CCC[C@H](c2nc(-c3ccc(Cl)cc3)no2)C1. The monoisotopic (exact) mass is 470 g/mol. The van der Waals surface area contributed by atoms with Crippen LogP contribution in [0.2, 0.25) is 5.02 Å². The number of halogens is 1. The number of carbonyl (C=O) groups excluding carboxylic acids is 3. The molecule has 3 fully saturated rings. The third-order valence-electron chi connectivity index (χ3n) is 7.15. The van der Waals surface area contributed by atoms with Crippen molar-refractivity contribution in [2.45, 2.75) is 50.9 Å². The number of nitrogens with zero attached hydrogens (tertiary/aromatic N) is 4. The van der Waals surface area contributed by atoms with Crippen molar-refractivity contribution >= 4 is 29.3 Å². The summed E-state index contributed by atoms with van der Waals surface area (Å²) in [5.74, 6) is 0.413. The molecule has 1 saturated carbocycles. The first-order valence-electron chi connectivity index (χ1n) is 11.7. The Balaban J connectivity index is 1.19. The average molecular weight is 471 g/mol. The first-order chi connectivity index (χ1) is 16.0. The number of aromatic nitrogens is 2. The Morgan fingerprint density at radius 1 is 1.03 bits per heavy atom. The highest BCUT2D eigenvalue weighted by Gasteiger charge is 2.48. The molecule has 174 valence electrons. The molecule has 0 spiro atoms.